The molecule has 0 radical (unpaired) electrons. The van der Waals surface area contributed by atoms with Crippen LogP contribution < -0.4 is 5.32 Å². The summed E-state index contributed by atoms with van der Waals surface area (Å²) in [7, 11) is 0. The Bertz CT molecular complexity index is 421. The average molecular weight is 201 g/mol. The summed E-state index contributed by atoms with van der Waals surface area (Å²) >= 11 is 0. The van der Waals surface area contributed by atoms with Gasteiger partial charge in [0, 0.05) is 5.69 Å². The fourth-order valence-corrected chi connectivity index (χ4v) is 1.40. The third-order valence-electron chi connectivity index (χ3n) is 2.15. The number of para-hydroxylation sites is 1. The van der Waals surface area contributed by atoms with Gasteiger partial charge in [0.15, 0.2) is 5.76 Å². The summed E-state index contributed by atoms with van der Waals surface area (Å²) in [5.74, 6) is -0.549. The quantitative estimate of drug-likeness (QED) is 0.769. The van der Waals surface area contributed by atoms with Gasteiger partial charge in [-0.15, -0.1) is 0 Å². The van der Waals surface area contributed by atoms with Gasteiger partial charge in [0.05, 0.1) is 6.04 Å². The van der Waals surface area contributed by atoms with E-state index >= 15 is 0 Å². The fourth-order valence-electron chi connectivity index (χ4n) is 1.40. The van der Waals surface area contributed by atoms with Gasteiger partial charge < -0.3 is 10.4 Å². The Morgan fingerprint density at radius 3 is 2.60 bits per heavy atom. The number of hydrogen-bond acceptors (Lipinski definition) is 3. The maximum Gasteiger partial charge on any atom is 0.219 e. The summed E-state index contributed by atoms with van der Waals surface area (Å²) in [6, 6.07) is 9.49. The molecule has 0 saturated carbocycles. The molecule has 0 spiro atoms. The first kappa shape index (κ1) is 9.52. The first-order chi connectivity index (χ1) is 7.25. The lowest BCUT2D eigenvalue weighted by Crippen LogP contribution is -2.19. The monoisotopic (exact) mass is 201 g/mol. The summed E-state index contributed by atoms with van der Waals surface area (Å²) in [6.45, 7) is 0. The molecule has 1 aromatic carbocycles. The van der Waals surface area contributed by atoms with Crippen molar-refractivity contribution in [3.05, 3.63) is 54.3 Å². The largest absolute Gasteiger partial charge is 0.504 e. The Labute approximate surface area is 87.7 Å². The summed E-state index contributed by atoms with van der Waals surface area (Å²) in [6.07, 6.45) is 4.58. The lowest BCUT2D eigenvalue weighted by molar-refractivity contribution is -0.113. The second kappa shape index (κ2) is 4.00. The summed E-state index contributed by atoms with van der Waals surface area (Å²) in [4.78, 5) is 11.0. The number of ketones is 1. The van der Waals surface area contributed by atoms with Crippen molar-refractivity contribution in [3.8, 4) is 0 Å². The lowest BCUT2D eigenvalue weighted by atomic mass is 10.1. The van der Waals surface area contributed by atoms with Crippen LogP contribution in [0, 0.1) is 0 Å². The molecule has 0 saturated heterocycles. The van der Waals surface area contributed by atoms with E-state index < -0.39 is 0 Å². The predicted octanol–water partition coefficient (Wildman–Crippen LogP) is 2.05. The van der Waals surface area contributed by atoms with Crippen molar-refractivity contribution in [2.75, 3.05) is 5.32 Å². The Kier molecular flexibility index (Phi) is 2.54. The normalized spacial score (nSPS) is 19.9. The summed E-state index contributed by atoms with van der Waals surface area (Å²) in [5, 5.41) is 12.4. The second-order valence-electron chi connectivity index (χ2n) is 3.31. The number of allylic oxidation sites excluding steroid dienone is 1. The van der Waals surface area contributed by atoms with Gasteiger partial charge in [0.2, 0.25) is 5.78 Å². The average Bonchev–Trinajstić information content (AvgIpc) is 2.25. The molecule has 3 heteroatoms. The molecule has 15 heavy (non-hydrogen) atoms. The zero-order chi connectivity index (χ0) is 10.7. The highest BCUT2D eigenvalue weighted by Crippen LogP contribution is 2.12. The van der Waals surface area contributed by atoms with Gasteiger partial charge in [-0.25, -0.2) is 0 Å². The molecule has 1 unspecified atom stereocenters. The van der Waals surface area contributed by atoms with Gasteiger partial charge in [-0.3, -0.25) is 4.79 Å². The van der Waals surface area contributed by atoms with Crippen molar-refractivity contribution in [2.45, 2.75) is 6.04 Å². The highest BCUT2D eigenvalue weighted by Gasteiger charge is 2.13. The van der Waals surface area contributed by atoms with E-state index in [0.29, 0.717) is 0 Å². The first-order valence-electron chi connectivity index (χ1n) is 4.70. The number of anilines is 1. The fraction of sp³-hybridized carbons (Fsp3) is 0.0833. The van der Waals surface area contributed by atoms with Crippen molar-refractivity contribution >= 4 is 11.5 Å². The summed E-state index contributed by atoms with van der Waals surface area (Å²) < 4.78 is 0. The van der Waals surface area contributed by atoms with Crippen molar-refractivity contribution in [3.63, 3.8) is 0 Å². The van der Waals surface area contributed by atoms with Crippen LogP contribution in [0.15, 0.2) is 54.3 Å². The zero-order valence-corrected chi connectivity index (χ0v) is 8.05. The minimum absolute atomic E-state index is 0.134. The maximum absolute atomic E-state index is 11.0. The second-order valence-corrected chi connectivity index (χ2v) is 3.31. The molecule has 1 atom stereocenters. The SMILES string of the molecule is O=C1C=CC(Nc2ccccc2)C=C1O. The third kappa shape index (κ3) is 2.26. The lowest BCUT2D eigenvalue weighted by Gasteiger charge is -2.15. The van der Waals surface area contributed by atoms with Crippen LogP contribution in [0.3, 0.4) is 0 Å². The van der Waals surface area contributed by atoms with Gasteiger partial charge in [-0.2, -0.15) is 0 Å². The molecule has 76 valence electrons. The first-order valence-corrected chi connectivity index (χ1v) is 4.70. The van der Waals surface area contributed by atoms with Crippen LogP contribution in [0.1, 0.15) is 0 Å². The zero-order valence-electron chi connectivity index (χ0n) is 8.05. The van der Waals surface area contributed by atoms with E-state index in [2.05, 4.69) is 5.32 Å². The molecule has 1 aliphatic rings. The maximum atomic E-state index is 11.0. The number of aliphatic hydroxyl groups excluding tert-OH is 1. The van der Waals surface area contributed by atoms with Crippen LogP contribution in [0.2, 0.25) is 0 Å². The topological polar surface area (TPSA) is 49.3 Å². The molecule has 0 amide bonds. The number of hydrogen-bond donors (Lipinski definition) is 2. The number of aliphatic hydroxyl groups is 1. The molecule has 0 aliphatic heterocycles. The molecule has 0 aromatic heterocycles. The summed E-state index contributed by atoms with van der Waals surface area (Å²) in [5.41, 5.74) is 0.950. The van der Waals surface area contributed by atoms with Gasteiger partial charge in [-0.1, -0.05) is 24.3 Å². The molecule has 1 aliphatic carbocycles. The number of nitrogens with one attached hydrogen (secondary N) is 1. The van der Waals surface area contributed by atoms with Crippen LogP contribution in [-0.2, 0) is 4.79 Å². The van der Waals surface area contributed by atoms with E-state index in [-0.39, 0.29) is 17.6 Å². The molecule has 2 rings (SSSR count). The Morgan fingerprint density at radius 2 is 1.93 bits per heavy atom. The van der Waals surface area contributed by atoms with Gasteiger partial charge in [0.1, 0.15) is 0 Å². The van der Waals surface area contributed by atoms with Crippen LogP contribution in [-0.4, -0.2) is 16.9 Å². The number of benzene rings is 1. The number of carbonyl (C=O) groups is 1. The van der Waals surface area contributed by atoms with Gasteiger partial charge >= 0.3 is 0 Å². The highest BCUT2D eigenvalue weighted by molar-refractivity contribution is 6.03. The van der Waals surface area contributed by atoms with Crippen LogP contribution in [0.25, 0.3) is 0 Å². The Balaban J connectivity index is 2.09. The van der Waals surface area contributed by atoms with Gasteiger partial charge in [-0.05, 0) is 24.3 Å². The van der Waals surface area contributed by atoms with Crippen molar-refractivity contribution in [1.29, 1.82) is 0 Å². The molecule has 0 fully saturated rings. The molecule has 0 heterocycles. The molecule has 0 bridgehead atoms. The van der Waals surface area contributed by atoms with Crippen LogP contribution in [0.5, 0.6) is 0 Å². The van der Waals surface area contributed by atoms with E-state index in [1.54, 1.807) is 6.08 Å². The minimum atomic E-state index is -0.346. The molecular formula is C12H11NO2. The smallest absolute Gasteiger partial charge is 0.219 e. The van der Waals surface area contributed by atoms with E-state index in [1.165, 1.54) is 12.2 Å². The van der Waals surface area contributed by atoms with E-state index in [0.717, 1.165) is 5.69 Å². The molecule has 3 nitrogen and oxygen atoms in total. The van der Waals surface area contributed by atoms with E-state index in [1.807, 2.05) is 30.3 Å². The third-order valence-corrected chi connectivity index (χ3v) is 2.15. The number of rotatable bonds is 2. The van der Waals surface area contributed by atoms with Crippen molar-refractivity contribution < 1.29 is 9.90 Å². The Hall–Kier alpha value is -2.03. The van der Waals surface area contributed by atoms with E-state index in [9.17, 15) is 9.90 Å². The van der Waals surface area contributed by atoms with Gasteiger partial charge in [0.25, 0.3) is 0 Å². The van der Waals surface area contributed by atoms with E-state index in [4.69, 9.17) is 0 Å². The molecule has 1 aromatic rings. The van der Waals surface area contributed by atoms with Crippen molar-refractivity contribution in [2.24, 2.45) is 0 Å². The highest BCUT2D eigenvalue weighted by atomic mass is 16.3. The predicted molar refractivity (Wildman–Crippen MR) is 58.7 cm³/mol. The number of carbonyl (C=O) groups excluding carboxylic acids is 1. The Morgan fingerprint density at radius 1 is 1.20 bits per heavy atom. The van der Waals surface area contributed by atoms with Crippen LogP contribution in [0.4, 0.5) is 5.69 Å². The molecular weight excluding hydrogens is 190 g/mol. The standard InChI is InChI=1S/C12H11NO2/c14-11-7-6-10(8-12(11)15)13-9-4-2-1-3-5-9/h1-8,10,13,15H. The van der Waals surface area contributed by atoms with Crippen LogP contribution >= 0.6 is 0 Å². The molecule has 2 N–H and O–H groups in total. The van der Waals surface area contributed by atoms with Crippen molar-refractivity contribution in [1.82, 2.24) is 0 Å². The minimum Gasteiger partial charge on any atom is -0.504 e.